The maximum atomic E-state index is 12.8. The van der Waals surface area contributed by atoms with Crippen molar-refractivity contribution in [2.75, 3.05) is 18.6 Å². The predicted octanol–water partition coefficient (Wildman–Crippen LogP) is 3.04. The number of carbonyl (C=O) groups is 1. The number of rotatable bonds is 4. The second-order valence-corrected chi connectivity index (χ2v) is 5.00. The number of hydrogen-bond donors (Lipinski definition) is 0. The molecule has 1 aromatic carbocycles. The monoisotopic (exact) mass is 299 g/mol. The van der Waals surface area contributed by atoms with E-state index in [1.165, 1.54) is 6.20 Å². The molecule has 0 spiro atoms. The van der Waals surface area contributed by atoms with Crippen molar-refractivity contribution in [3.05, 3.63) is 36.0 Å². The summed E-state index contributed by atoms with van der Waals surface area (Å²) < 4.78 is 11.1. The highest BCUT2D eigenvalue weighted by molar-refractivity contribution is 6.09. The van der Waals surface area contributed by atoms with Gasteiger partial charge in [-0.2, -0.15) is 5.10 Å². The molecule has 0 bridgehead atoms. The number of nitrogens with zero attached hydrogens (tertiary/aromatic N) is 3. The minimum atomic E-state index is -0.134. The smallest absolute Gasteiger partial charge is 0.264 e. The molecule has 1 aromatic heterocycles. The van der Waals surface area contributed by atoms with E-state index in [2.05, 4.69) is 17.1 Å². The highest BCUT2D eigenvalue weighted by Gasteiger charge is 2.29. The molecule has 0 unspecified atom stereocenters. The van der Waals surface area contributed by atoms with Crippen molar-refractivity contribution in [2.45, 2.75) is 19.8 Å². The number of hydrogen-bond acceptors (Lipinski definition) is 5. The van der Waals surface area contributed by atoms with Crippen LogP contribution in [-0.4, -0.2) is 29.8 Å². The lowest BCUT2D eigenvalue weighted by Crippen LogP contribution is -2.31. The fourth-order valence-electron chi connectivity index (χ4n) is 2.38. The van der Waals surface area contributed by atoms with Crippen molar-refractivity contribution >= 4 is 11.6 Å². The third kappa shape index (κ3) is 2.47. The van der Waals surface area contributed by atoms with E-state index in [0.29, 0.717) is 29.3 Å². The number of unbranched alkanes of at least 4 members (excludes halogenated alkanes) is 1. The van der Waals surface area contributed by atoms with Gasteiger partial charge in [0.1, 0.15) is 11.3 Å². The van der Waals surface area contributed by atoms with Gasteiger partial charge in [0.05, 0.1) is 19.0 Å². The normalized spacial score (nSPS) is 13.0. The van der Waals surface area contributed by atoms with Crippen LogP contribution in [0.25, 0.3) is 0 Å². The fourth-order valence-corrected chi connectivity index (χ4v) is 2.38. The van der Waals surface area contributed by atoms with Gasteiger partial charge in [0.15, 0.2) is 5.75 Å². The number of anilines is 1. The summed E-state index contributed by atoms with van der Waals surface area (Å²) in [6.45, 7) is 2.70. The molecule has 22 heavy (non-hydrogen) atoms. The van der Waals surface area contributed by atoms with Crippen LogP contribution >= 0.6 is 0 Å². The van der Waals surface area contributed by atoms with Crippen molar-refractivity contribution in [1.82, 2.24) is 10.2 Å². The second-order valence-electron chi connectivity index (χ2n) is 5.00. The highest BCUT2D eigenvalue weighted by Crippen LogP contribution is 2.39. The van der Waals surface area contributed by atoms with Crippen LogP contribution in [0.15, 0.2) is 30.5 Å². The average Bonchev–Trinajstić information content (AvgIpc) is 2.67. The minimum Gasteiger partial charge on any atom is -0.497 e. The molecule has 2 aromatic rings. The number of fused-ring (bicyclic) bond motifs is 2. The molecule has 0 fully saturated rings. The maximum absolute atomic E-state index is 12.8. The number of carbonyl (C=O) groups excluding carboxylic acids is 1. The first-order chi connectivity index (χ1) is 10.7. The van der Waals surface area contributed by atoms with E-state index in [-0.39, 0.29) is 11.8 Å². The summed E-state index contributed by atoms with van der Waals surface area (Å²) in [7, 11) is 1.59. The molecule has 1 aliphatic heterocycles. The number of benzene rings is 1. The zero-order valence-electron chi connectivity index (χ0n) is 12.6. The number of methoxy groups -OCH3 is 1. The van der Waals surface area contributed by atoms with Crippen LogP contribution in [0.5, 0.6) is 17.4 Å². The topological polar surface area (TPSA) is 64.6 Å². The Balaban J connectivity index is 2.13. The molecule has 6 nitrogen and oxygen atoms in total. The van der Waals surface area contributed by atoms with Crippen LogP contribution in [0.4, 0.5) is 5.69 Å². The second kappa shape index (κ2) is 6.01. The van der Waals surface area contributed by atoms with Crippen LogP contribution in [0, 0.1) is 0 Å². The van der Waals surface area contributed by atoms with Crippen LogP contribution in [-0.2, 0) is 0 Å². The summed E-state index contributed by atoms with van der Waals surface area (Å²) in [4.78, 5) is 14.6. The van der Waals surface area contributed by atoms with Crippen LogP contribution in [0.3, 0.4) is 0 Å². The van der Waals surface area contributed by atoms with Gasteiger partial charge in [-0.3, -0.25) is 4.79 Å². The van der Waals surface area contributed by atoms with Crippen molar-refractivity contribution < 1.29 is 14.3 Å². The van der Waals surface area contributed by atoms with Crippen LogP contribution < -0.4 is 14.4 Å². The van der Waals surface area contributed by atoms with E-state index >= 15 is 0 Å². The van der Waals surface area contributed by atoms with E-state index < -0.39 is 0 Å². The molecule has 0 saturated carbocycles. The standard InChI is InChI=1S/C16H17N3O3/c1-3-4-9-19-13-10-11(21-2)5-6-14(13)22-15-12(16(19)20)7-8-17-18-15/h5-8,10H,3-4,9H2,1-2H3. The Morgan fingerprint density at radius 1 is 1.32 bits per heavy atom. The van der Waals surface area contributed by atoms with Crippen LogP contribution in [0.1, 0.15) is 30.1 Å². The largest absolute Gasteiger partial charge is 0.497 e. The Bertz CT molecular complexity index is 703. The van der Waals surface area contributed by atoms with Crippen molar-refractivity contribution in [2.24, 2.45) is 0 Å². The SMILES string of the molecule is CCCCN1C(=O)c2ccnnc2Oc2ccc(OC)cc21. The first-order valence-electron chi connectivity index (χ1n) is 7.24. The van der Waals surface area contributed by atoms with Gasteiger partial charge in [0.2, 0.25) is 0 Å². The Morgan fingerprint density at radius 2 is 2.18 bits per heavy atom. The summed E-state index contributed by atoms with van der Waals surface area (Å²) in [5, 5.41) is 7.73. The van der Waals surface area contributed by atoms with E-state index in [9.17, 15) is 4.79 Å². The van der Waals surface area contributed by atoms with Gasteiger partial charge >= 0.3 is 0 Å². The third-order valence-electron chi connectivity index (χ3n) is 3.56. The molecule has 6 heteroatoms. The lowest BCUT2D eigenvalue weighted by atomic mass is 10.2. The van der Waals surface area contributed by atoms with E-state index in [4.69, 9.17) is 9.47 Å². The van der Waals surface area contributed by atoms with Crippen molar-refractivity contribution in [1.29, 1.82) is 0 Å². The van der Waals surface area contributed by atoms with Gasteiger partial charge < -0.3 is 14.4 Å². The maximum Gasteiger partial charge on any atom is 0.264 e. The highest BCUT2D eigenvalue weighted by atomic mass is 16.5. The molecule has 1 aliphatic rings. The Kier molecular flexibility index (Phi) is 3.91. The molecule has 0 atom stereocenters. The van der Waals surface area contributed by atoms with Gasteiger partial charge in [0, 0.05) is 12.6 Å². The lowest BCUT2D eigenvalue weighted by Gasteiger charge is -2.22. The Hall–Kier alpha value is -2.63. The predicted molar refractivity (Wildman–Crippen MR) is 81.7 cm³/mol. The van der Waals surface area contributed by atoms with Crippen LogP contribution in [0.2, 0.25) is 0 Å². The zero-order chi connectivity index (χ0) is 15.5. The lowest BCUT2D eigenvalue weighted by molar-refractivity contribution is 0.0986. The summed E-state index contributed by atoms with van der Waals surface area (Å²) in [6, 6.07) is 7.02. The molecule has 0 N–H and O–H groups in total. The zero-order valence-corrected chi connectivity index (χ0v) is 12.6. The molecule has 2 heterocycles. The molecular formula is C16H17N3O3. The van der Waals surface area contributed by atoms with Gasteiger partial charge in [-0.15, -0.1) is 5.10 Å². The van der Waals surface area contributed by atoms with Crippen molar-refractivity contribution in [3.63, 3.8) is 0 Å². The van der Waals surface area contributed by atoms with E-state index in [0.717, 1.165) is 12.8 Å². The van der Waals surface area contributed by atoms with Gasteiger partial charge in [-0.1, -0.05) is 13.3 Å². The Morgan fingerprint density at radius 3 is 2.95 bits per heavy atom. The van der Waals surface area contributed by atoms with Crippen molar-refractivity contribution in [3.8, 4) is 17.4 Å². The van der Waals surface area contributed by atoms with Gasteiger partial charge in [-0.25, -0.2) is 0 Å². The first-order valence-corrected chi connectivity index (χ1v) is 7.24. The third-order valence-corrected chi connectivity index (χ3v) is 3.56. The molecule has 0 saturated heterocycles. The summed E-state index contributed by atoms with van der Waals surface area (Å²) in [6.07, 6.45) is 3.39. The summed E-state index contributed by atoms with van der Waals surface area (Å²) in [5.41, 5.74) is 1.11. The average molecular weight is 299 g/mol. The molecule has 1 amide bonds. The minimum absolute atomic E-state index is 0.134. The molecule has 0 aliphatic carbocycles. The van der Waals surface area contributed by atoms with E-state index in [1.807, 2.05) is 6.07 Å². The first kappa shape index (κ1) is 14.3. The molecule has 0 radical (unpaired) electrons. The van der Waals surface area contributed by atoms with E-state index in [1.54, 1.807) is 30.2 Å². The Labute approximate surface area is 128 Å². The molecular weight excluding hydrogens is 282 g/mol. The number of aromatic nitrogens is 2. The summed E-state index contributed by atoms with van der Waals surface area (Å²) >= 11 is 0. The fraction of sp³-hybridized carbons (Fsp3) is 0.312. The quantitative estimate of drug-likeness (QED) is 0.868. The molecule has 114 valence electrons. The number of ether oxygens (including phenoxy) is 2. The van der Waals surface area contributed by atoms with Gasteiger partial charge in [-0.05, 0) is 24.6 Å². The van der Waals surface area contributed by atoms with Gasteiger partial charge in [0.25, 0.3) is 11.8 Å². The number of amides is 1. The summed E-state index contributed by atoms with van der Waals surface area (Å²) in [5.74, 6) is 1.35. The molecule has 3 rings (SSSR count).